The lowest BCUT2D eigenvalue weighted by Crippen LogP contribution is -2.29. The van der Waals surface area contributed by atoms with E-state index in [1.54, 1.807) is 6.07 Å². The molecule has 1 unspecified atom stereocenters. The number of rotatable bonds is 2. The Morgan fingerprint density at radius 1 is 1.53 bits per heavy atom. The van der Waals surface area contributed by atoms with Gasteiger partial charge in [-0.1, -0.05) is 11.6 Å². The van der Waals surface area contributed by atoms with Gasteiger partial charge < -0.3 is 10.6 Å². The van der Waals surface area contributed by atoms with E-state index in [2.05, 4.69) is 10.6 Å². The molecule has 2 rings (SSSR count). The van der Waals surface area contributed by atoms with Crippen LogP contribution >= 0.6 is 11.6 Å². The molecular weight excluding hydrogens is 219 g/mol. The number of anilines is 1. The Labute approximate surface area is 91.6 Å². The first kappa shape index (κ1) is 10.2. The van der Waals surface area contributed by atoms with Gasteiger partial charge in [-0.2, -0.15) is 0 Å². The van der Waals surface area contributed by atoms with Crippen molar-refractivity contribution in [2.45, 2.75) is 12.5 Å². The predicted molar refractivity (Wildman–Crippen MR) is 56.4 cm³/mol. The van der Waals surface area contributed by atoms with Gasteiger partial charge in [0.15, 0.2) is 0 Å². The number of nitrogens with one attached hydrogen (secondary N) is 2. The third-order valence-corrected chi connectivity index (χ3v) is 2.62. The zero-order valence-electron chi connectivity index (χ0n) is 7.89. The minimum Gasteiger partial charge on any atom is -0.374 e. The van der Waals surface area contributed by atoms with Crippen LogP contribution in [0.15, 0.2) is 18.2 Å². The highest BCUT2D eigenvalue weighted by molar-refractivity contribution is 6.30. The van der Waals surface area contributed by atoms with Gasteiger partial charge in [0.05, 0.1) is 5.02 Å². The first-order valence-corrected chi connectivity index (χ1v) is 5.04. The summed E-state index contributed by atoms with van der Waals surface area (Å²) in [5.74, 6) is -0.537. The maximum Gasteiger partial charge on any atom is 0.242 e. The maximum atomic E-state index is 13.1. The molecule has 1 aliphatic heterocycles. The third-order valence-electron chi connectivity index (χ3n) is 2.31. The molecule has 0 radical (unpaired) electrons. The number of hydrogen-bond acceptors (Lipinski definition) is 2. The molecule has 1 saturated heterocycles. The minimum atomic E-state index is -0.486. The number of carbonyl (C=O) groups excluding carboxylic acids is 1. The van der Waals surface area contributed by atoms with Gasteiger partial charge in [-0.15, -0.1) is 0 Å². The Hall–Kier alpha value is -1.29. The number of amides is 1. The maximum absolute atomic E-state index is 13.1. The molecule has 1 fully saturated rings. The van der Waals surface area contributed by atoms with Gasteiger partial charge in [-0.05, 0) is 24.6 Å². The van der Waals surface area contributed by atoms with Gasteiger partial charge in [0, 0.05) is 12.2 Å². The Morgan fingerprint density at radius 3 is 2.93 bits per heavy atom. The van der Waals surface area contributed by atoms with E-state index >= 15 is 0 Å². The molecule has 1 heterocycles. The van der Waals surface area contributed by atoms with Gasteiger partial charge in [0.2, 0.25) is 5.91 Å². The summed E-state index contributed by atoms with van der Waals surface area (Å²) in [6.07, 6.45) is 0.711. The van der Waals surface area contributed by atoms with Gasteiger partial charge >= 0.3 is 0 Å². The van der Waals surface area contributed by atoms with Crippen LogP contribution in [0.2, 0.25) is 5.02 Å². The lowest BCUT2D eigenvalue weighted by molar-refractivity contribution is -0.119. The lowest BCUT2D eigenvalue weighted by atomic mass is 10.2. The van der Waals surface area contributed by atoms with E-state index in [-0.39, 0.29) is 17.0 Å². The Morgan fingerprint density at radius 2 is 2.33 bits per heavy atom. The van der Waals surface area contributed by atoms with E-state index in [9.17, 15) is 9.18 Å². The molecule has 1 aromatic rings. The summed E-state index contributed by atoms with van der Waals surface area (Å²) in [6, 6.07) is 4.13. The van der Waals surface area contributed by atoms with E-state index < -0.39 is 5.82 Å². The van der Waals surface area contributed by atoms with Crippen molar-refractivity contribution in [3.8, 4) is 0 Å². The van der Waals surface area contributed by atoms with Crippen LogP contribution in [-0.2, 0) is 4.79 Å². The normalized spacial score (nSPS) is 20.1. The number of halogens is 2. The fourth-order valence-electron chi connectivity index (χ4n) is 1.52. The third kappa shape index (κ3) is 2.21. The number of benzene rings is 1. The van der Waals surface area contributed by atoms with Crippen molar-refractivity contribution in [1.29, 1.82) is 0 Å². The Balaban J connectivity index is 2.10. The smallest absolute Gasteiger partial charge is 0.242 e. The fraction of sp³-hybridized carbons (Fsp3) is 0.300. The zero-order valence-corrected chi connectivity index (χ0v) is 8.64. The van der Waals surface area contributed by atoms with Gasteiger partial charge in [-0.3, -0.25) is 4.79 Å². The monoisotopic (exact) mass is 228 g/mol. The molecule has 1 amide bonds. The number of carbonyl (C=O) groups is 1. The zero-order chi connectivity index (χ0) is 10.8. The van der Waals surface area contributed by atoms with E-state index in [0.717, 1.165) is 0 Å². The molecule has 1 atom stereocenters. The first-order chi connectivity index (χ1) is 7.16. The van der Waals surface area contributed by atoms with Gasteiger partial charge in [0.25, 0.3) is 0 Å². The van der Waals surface area contributed by atoms with E-state index in [4.69, 9.17) is 11.6 Å². The molecule has 0 aliphatic carbocycles. The van der Waals surface area contributed by atoms with Crippen molar-refractivity contribution in [3.63, 3.8) is 0 Å². The molecule has 80 valence electrons. The van der Waals surface area contributed by atoms with Gasteiger partial charge in [0.1, 0.15) is 11.9 Å². The first-order valence-electron chi connectivity index (χ1n) is 4.66. The van der Waals surface area contributed by atoms with Gasteiger partial charge in [-0.25, -0.2) is 4.39 Å². The summed E-state index contributed by atoms with van der Waals surface area (Å²) >= 11 is 5.54. The standard InChI is InChI=1S/C10H10ClFN2O/c11-7-2-1-6(5-8(7)12)14-9-3-4-13-10(9)15/h1-2,5,9,14H,3-4H2,(H,13,15). The van der Waals surface area contributed by atoms with Crippen LogP contribution in [0, 0.1) is 5.82 Å². The predicted octanol–water partition coefficient (Wildman–Crippen LogP) is 1.78. The van der Waals surface area contributed by atoms with Crippen LogP contribution in [0.1, 0.15) is 6.42 Å². The van der Waals surface area contributed by atoms with Crippen LogP contribution in [-0.4, -0.2) is 18.5 Å². The highest BCUT2D eigenvalue weighted by Gasteiger charge is 2.23. The second-order valence-corrected chi connectivity index (χ2v) is 3.81. The fourth-order valence-corrected chi connectivity index (χ4v) is 1.64. The SMILES string of the molecule is O=C1NCCC1Nc1ccc(Cl)c(F)c1. The van der Waals surface area contributed by atoms with Crippen LogP contribution in [0.4, 0.5) is 10.1 Å². The lowest BCUT2D eigenvalue weighted by Gasteiger charge is -2.11. The van der Waals surface area contributed by atoms with E-state index in [1.165, 1.54) is 12.1 Å². The minimum absolute atomic E-state index is 0.0506. The van der Waals surface area contributed by atoms with Crippen molar-refractivity contribution >= 4 is 23.2 Å². The highest BCUT2D eigenvalue weighted by atomic mass is 35.5. The summed E-state index contributed by atoms with van der Waals surface area (Å²) in [6.45, 7) is 0.659. The highest BCUT2D eigenvalue weighted by Crippen LogP contribution is 2.20. The average molecular weight is 229 g/mol. The summed E-state index contributed by atoms with van der Waals surface area (Å²) in [7, 11) is 0. The van der Waals surface area contributed by atoms with Crippen molar-refractivity contribution in [3.05, 3.63) is 29.0 Å². The molecule has 2 N–H and O–H groups in total. The molecule has 15 heavy (non-hydrogen) atoms. The van der Waals surface area contributed by atoms with E-state index in [0.29, 0.717) is 18.7 Å². The van der Waals surface area contributed by atoms with Crippen LogP contribution in [0.3, 0.4) is 0 Å². The summed E-state index contributed by atoms with van der Waals surface area (Å²) in [4.78, 5) is 11.2. The Kier molecular flexibility index (Phi) is 2.77. The molecule has 0 bridgehead atoms. The quantitative estimate of drug-likeness (QED) is 0.810. The molecular formula is C10H10ClFN2O. The second-order valence-electron chi connectivity index (χ2n) is 3.41. The number of hydrogen-bond donors (Lipinski definition) is 2. The van der Waals surface area contributed by atoms with Crippen LogP contribution < -0.4 is 10.6 Å². The van der Waals surface area contributed by atoms with Crippen LogP contribution in [0.25, 0.3) is 0 Å². The summed E-state index contributed by atoms with van der Waals surface area (Å²) < 4.78 is 13.1. The second kappa shape index (κ2) is 4.06. The topological polar surface area (TPSA) is 41.1 Å². The van der Waals surface area contributed by atoms with E-state index in [1.807, 2.05) is 0 Å². The molecule has 3 nitrogen and oxygen atoms in total. The van der Waals surface area contributed by atoms with Crippen molar-refractivity contribution in [2.75, 3.05) is 11.9 Å². The van der Waals surface area contributed by atoms with Crippen molar-refractivity contribution in [2.24, 2.45) is 0 Å². The molecule has 5 heteroatoms. The largest absolute Gasteiger partial charge is 0.374 e. The molecule has 0 aromatic heterocycles. The summed E-state index contributed by atoms with van der Waals surface area (Å²) in [5, 5.41) is 5.72. The molecule has 0 spiro atoms. The van der Waals surface area contributed by atoms with Crippen LogP contribution in [0.5, 0.6) is 0 Å². The Bertz CT molecular complexity index is 397. The summed E-state index contributed by atoms with van der Waals surface area (Å²) in [5.41, 5.74) is 0.568. The molecule has 1 aliphatic rings. The average Bonchev–Trinajstić information content (AvgIpc) is 2.59. The van der Waals surface area contributed by atoms with Crippen molar-refractivity contribution < 1.29 is 9.18 Å². The molecule has 1 aromatic carbocycles. The van der Waals surface area contributed by atoms with Crippen molar-refractivity contribution in [1.82, 2.24) is 5.32 Å². The molecule has 0 saturated carbocycles.